The Morgan fingerprint density at radius 1 is 1.10 bits per heavy atom. The van der Waals surface area contributed by atoms with E-state index >= 15 is 0 Å². The van der Waals surface area contributed by atoms with E-state index in [-0.39, 0.29) is 11.6 Å². The monoisotopic (exact) mass is 427 g/mol. The highest BCUT2D eigenvalue weighted by atomic mass is 35.5. The van der Waals surface area contributed by atoms with E-state index in [1.54, 1.807) is 27.8 Å². The zero-order valence-electron chi connectivity index (χ0n) is 15.9. The topological polar surface area (TPSA) is 110 Å². The molecule has 2 heterocycles. The lowest BCUT2D eigenvalue weighted by Gasteiger charge is -2.34. The molecule has 2 aromatic carbocycles. The number of aromatic nitrogens is 4. The SMILES string of the molecule is O=C(c1cccc([N+](=O)[O-])c1)N1CCN(Cc2nnnn2-c2ccc(Cl)cc2)CC1. The number of nitrogens with zero attached hydrogens (tertiary/aromatic N) is 7. The first-order valence-corrected chi connectivity index (χ1v) is 9.68. The highest BCUT2D eigenvalue weighted by Crippen LogP contribution is 2.17. The predicted molar refractivity (Wildman–Crippen MR) is 108 cm³/mol. The van der Waals surface area contributed by atoms with Gasteiger partial charge in [0.15, 0.2) is 5.82 Å². The number of hydrogen-bond acceptors (Lipinski definition) is 7. The predicted octanol–water partition coefficient (Wildman–Crippen LogP) is 2.18. The van der Waals surface area contributed by atoms with Crippen LogP contribution in [0.15, 0.2) is 48.5 Å². The van der Waals surface area contributed by atoms with Crippen molar-refractivity contribution in [2.24, 2.45) is 0 Å². The highest BCUT2D eigenvalue weighted by molar-refractivity contribution is 6.30. The maximum Gasteiger partial charge on any atom is 0.270 e. The second-order valence-corrected chi connectivity index (χ2v) is 7.30. The van der Waals surface area contributed by atoms with E-state index in [0.717, 1.165) is 5.69 Å². The number of non-ortho nitro benzene ring substituents is 1. The zero-order chi connectivity index (χ0) is 21.1. The number of tetrazole rings is 1. The van der Waals surface area contributed by atoms with E-state index in [4.69, 9.17) is 11.6 Å². The van der Waals surface area contributed by atoms with Gasteiger partial charge in [0, 0.05) is 48.9 Å². The van der Waals surface area contributed by atoms with Crippen molar-refractivity contribution in [3.63, 3.8) is 0 Å². The van der Waals surface area contributed by atoms with Crippen LogP contribution in [0.2, 0.25) is 5.02 Å². The minimum atomic E-state index is -0.500. The van der Waals surface area contributed by atoms with Crippen molar-refractivity contribution >= 4 is 23.2 Å². The van der Waals surface area contributed by atoms with Gasteiger partial charge in [-0.05, 0) is 40.8 Å². The van der Waals surface area contributed by atoms with Crippen LogP contribution in [-0.4, -0.2) is 67.0 Å². The van der Waals surface area contributed by atoms with Gasteiger partial charge in [0.25, 0.3) is 11.6 Å². The van der Waals surface area contributed by atoms with E-state index in [2.05, 4.69) is 20.4 Å². The first-order chi connectivity index (χ1) is 14.5. The molecule has 1 aromatic heterocycles. The smallest absolute Gasteiger partial charge is 0.270 e. The molecule has 1 aliphatic rings. The van der Waals surface area contributed by atoms with Crippen molar-refractivity contribution in [1.82, 2.24) is 30.0 Å². The molecule has 10 nitrogen and oxygen atoms in total. The van der Waals surface area contributed by atoms with Crippen LogP contribution < -0.4 is 0 Å². The van der Waals surface area contributed by atoms with Crippen LogP contribution >= 0.6 is 11.6 Å². The molecule has 0 spiro atoms. The summed E-state index contributed by atoms with van der Waals surface area (Å²) in [5.41, 5.74) is 1.05. The molecule has 0 aliphatic carbocycles. The maximum absolute atomic E-state index is 12.7. The minimum absolute atomic E-state index is 0.0893. The second kappa shape index (κ2) is 8.56. The lowest BCUT2D eigenvalue weighted by atomic mass is 10.1. The molecule has 0 saturated carbocycles. The van der Waals surface area contributed by atoms with Crippen molar-refractivity contribution in [1.29, 1.82) is 0 Å². The number of carbonyl (C=O) groups is 1. The van der Waals surface area contributed by atoms with Gasteiger partial charge in [-0.25, -0.2) is 0 Å². The number of halogens is 1. The summed E-state index contributed by atoms with van der Waals surface area (Å²) in [4.78, 5) is 27.0. The lowest BCUT2D eigenvalue weighted by Crippen LogP contribution is -2.48. The van der Waals surface area contributed by atoms with E-state index in [1.165, 1.54) is 18.2 Å². The number of carbonyl (C=O) groups excluding carboxylic acids is 1. The van der Waals surface area contributed by atoms with Crippen molar-refractivity contribution in [3.8, 4) is 5.69 Å². The molecule has 3 aromatic rings. The molecule has 0 radical (unpaired) electrons. The summed E-state index contributed by atoms with van der Waals surface area (Å²) in [5.74, 6) is 0.486. The average molecular weight is 428 g/mol. The Bertz CT molecular complexity index is 1060. The number of amides is 1. The molecule has 1 amide bonds. The summed E-state index contributed by atoms with van der Waals surface area (Å²) in [7, 11) is 0. The quantitative estimate of drug-likeness (QED) is 0.453. The van der Waals surface area contributed by atoms with Gasteiger partial charge in [0.2, 0.25) is 0 Å². The van der Waals surface area contributed by atoms with Gasteiger partial charge < -0.3 is 4.90 Å². The number of nitro groups is 1. The number of hydrogen-bond donors (Lipinski definition) is 0. The third-order valence-electron chi connectivity index (χ3n) is 4.93. The van der Waals surface area contributed by atoms with Crippen molar-refractivity contribution in [2.75, 3.05) is 26.2 Å². The van der Waals surface area contributed by atoms with Gasteiger partial charge in [-0.3, -0.25) is 19.8 Å². The Balaban J connectivity index is 1.38. The fourth-order valence-corrected chi connectivity index (χ4v) is 3.46. The summed E-state index contributed by atoms with van der Waals surface area (Å²) in [6.45, 7) is 2.87. The minimum Gasteiger partial charge on any atom is -0.336 e. The molecule has 0 unspecified atom stereocenters. The fraction of sp³-hybridized carbons (Fsp3) is 0.263. The molecule has 4 rings (SSSR count). The standard InChI is InChI=1S/C19H18ClN7O3/c20-15-4-6-16(7-5-15)26-18(21-22-23-26)13-24-8-10-25(11-9-24)19(28)14-2-1-3-17(12-14)27(29)30/h1-7,12H,8-11,13H2. The van der Waals surface area contributed by atoms with Crippen LogP contribution in [0.25, 0.3) is 5.69 Å². The Hall–Kier alpha value is -3.37. The van der Waals surface area contributed by atoms with Gasteiger partial charge in [0.05, 0.1) is 17.2 Å². The molecule has 30 heavy (non-hydrogen) atoms. The summed E-state index contributed by atoms with van der Waals surface area (Å²) < 4.78 is 1.66. The van der Waals surface area contributed by atoms with Gasteiger partial charge in [-0.1, -0.05) is 17.7 Å². The molecule has 0 bridgehead atoms. The molecular formula is C19H18ClN7O3. The molecule has 0 atom stereocenters. The van der Waals surface area contributed by atoms with Crippen molar-refractivity contribution < 1.29 is 9.72 Å². The molecule has 0 N–H and O–H groups in total. The summed E-state index contributed by atoms with van der Waals surface area (Å²) in [6, 6.07) is 13.1. The molecule has 154 valence electrons. The van der Waals surface area contributed by atoms with Gasteiger partial charge in [0.1, 0.15) is 0 Å². The van der Waals surface area contributed by atoms with Gasteiger partial charge in [-0.2, -0.15) is 4.68 Å². The molecule has 1 aliphatic heterocycles. The van der Waals surface area contributed by atoms with E-state index < -0.39 is 4.92 Å². The molecule has 11 heteroatoms. The molecular weight excluding hydrogens is 410 g/mol. The van der Waals surface area contributed by atoms with Crippen LogP contribution in [-0.2, 0) is 6.54 Å². The van der Waals surface area contributed by atoms with E-state index in [9.17, 15) is 14.9 Å². The Morgan fingerprint density at radius 3 is 2.53 bits per heavy atom. The Labute approximate surface area is 176 Å². The Kier molecular flexibility index (Phi) is 5.68. The summed E-state index contributed by atoms with van der Waals surface area (Å²) >= 11 is 5.94. The average Bonchev–Trinajstić information content (AvgIpc) is 3.22. The van der Waals surface area contributed by atoms with Gasteiger partial charge in [-0.15, -0.1) is 5.10 Å². The van der Waals surface area contributed by atoms with Crippen LogP contribution in [0.5, 0.6) is 0 Å². The van der Waals surface area contributed by atoms with Crippen LogP contribution in [0, 0.1) is 10.1 Å². The van der Waals surface area contributed by atoms with E-state index in [0.29, 0.717) is 49.1 Å². The molecule has 1 saturated heterocycles. The van der Waals surface area contributed by atoms with Crippen LogP contribution in [0.1, 0.15) is 16.2 Å². The Morgan fingerprint density at radius 2 is 1.83 bits per heavy atom. The number of rotatable bonds is 5. The second-order valence-electron chi connectivity index (χ2n) is 6.86. The zero-order valence-corrected chi connectivity index (χ0v) is 16.6. The largest absolute Gasteiger partial charge is 0.336 e. The number of nitro benzene ring substituents is 1. The van der Waals surface area contributed by atoms with Crippen molar-refractivity contribution in [2.45, 2.75) is 6.54 Å². The fourth-order valence-electron chi connectivity index (χ4n) is 3.33. The maximum atomic E-state index is 12.7. The normalized spacial score (nSPS) is 14.6. The first-order valence-electron chi connectivity index (χ1n) is 9.30. The van der Waals surface area contributed by atoms with Gasteiger partial charge >= 0.3 is 0 Å². The third-order valence-corrected chi connectivity index (χ3v) is 5.19. The summed E-state index contributed by atoms with van der Waals surface area (Å²) in [6.07, 6.45) is 0. The number of piperazine rings is 1. The first kappa shape index (κ1) is 19.9. The van der Waals surface area contributed by atoms with Crippen molar-refractivity contribution in [3.05, 3.63) is 75.1 Å². The lowest BCUT2D eigenvalue weighted by molar-refractivity contribution is -0.384. The molecule has 1 fully saturated rings. The third kappa shape index (κ3) is 4.29. The number of benzene rings is 2. The van der Waals surface area contributed by atoms with E-state index in [1.807, 2.05) is 12.1 Å². The summed E-state index contributed by atoms with van der Waals surface area (Å²) in [5, 5.41) is 23.5. The van der Waals surface area contributed by atoms with Crippen LogP contribution in [0.3, 0.4) is 0 Å². The highest BCUT2D eigenvalue weighted by Gasteiger charge is 2.24. The van der Waals surface area contributed by atoms with Crippen LogP contribution in [0.4, 0.5) is 5.69 Å².